The van der Waals surface area contributed by atoms with Gasteiger partial charge in [0.05, 0.1) is 15.7 Å². The third kappa shape index (κ3) is 3.25. The minimum Gasteiger partial charge on any atom is -0.342 e. The molecule has 1 N–H and O–H groups in total. The van der Waals surface area contributed by atoms with E-state index in [0.717, 1.165) is 60.8 Å². The number of benzene rings is 2. The summed E-state index contributed by atoms with van der Waals surface area (Å²) in [6.45, 7) is 3.95. The molecule has 0 bridgehead atoms. The number of aryl methyl sites for hydroxylation is 1. The van der Waals surface area contributed by atoms with Crippen LogP contribution in [0.3, 0.4) is 0 Å². The SMILES string of the molecule is CN[C@@H]1c2ccccc2CC12CCN(c1nc(C)c(-c3cccc(Cl)c3Cl)c3nccn13)CC2. The number of hydrogen-bond acceptors (Lipinski definition) is 4. The summed E-state index contributed by atoms with van der Waals surface area (Å²) in [6.07, 6.45) is 7.20. The van der Waals surface area contributed by atoms with Crippen molar-refractivity contribution in [2.75, 3.05) is 25.0 Å². The molecule has 5 nitrogen and oxygen atoms in total. The number of anilines is 1. The van der Waals surface area contributed by atoms with E-state index in [0.29, 0.717) is 16.1 Å². The summed E-state index contributed by atoms with van der Waals surface area (Å²) in [5.41, 5.74) is 6.76. The largest absolute Gasteiger partial charge is 0.342 e. The average Bonchev–Trinajstić information content (AvgIpc) is 3.44. The summed E-state index contributed by atoms with van der Waals surface area (Å²) >= 11 is 12.9. The number of halogens is 2. The van der Waals surface area contributed by atoms with Gasteiger partial charge in [0.1, 0.15) is 5.65 Å². The van der Waals surface area contributed by atoms with Crippen LogP contribution in [0, 0.1) is 12.3 Å². The number of nitrogens with one attached hydrogen (secondary N) is 1. The van der Waals surface area contributed by atoms with Crippen molar-refractivity contribution in [1.29, 1.82) is 0 Å². The van der Waals surface area contributed by atoms with Crippen LogP contribution in [0.25, 0.3) is 16.8 Å². The van der Waals surface area contributed by atoms with Crippen molar-refractivity contribution in [3.05, 3.63) is 81.7 Å². The van der Waals surface area contributed by atoms with Crippen LogP contribution in [0.4, 0.5) is 5.95 Å². The first-order chi connectivity index (χ1) is 16.5. The first-order valence-corrected chi connectivity index (χ1v) is 12.6. The van der Waals surface area contributed by atoms with Gasteiger partial charge in [0.25, 0.3) is 0 Å². The van der Waals surface area contributed by atoms with Gasteiger partial charge in [-0.2, -0.15) is 0 Å². The molecule has 1 spiro atoms. The van der Waals surface area contributed by atoms with E-state index in [2.05, 4.69) is 45.9 Å². The molecule has 4 aromatic rings. The summed E-state index contributed by atoms with van der Waals surface area (Å²) < 4.78 is 2.09. The summed E-state index contributed by atoms with van der Waals surface area (Å²) in [6, 6.07) is 15.0. The molecule has 2 aromatic carbocycles. The summed E-state index contributed by atoms with van der Waals surface area (Å²) in [7, 11) is 2.10. The van der Waals surface area contributed by atoms with Gasteiger partial charge in [-0.25, -0.2) is 9.97 Å². The van der Waals surface area contributed by atoms with Crippen molar-refractivity contribution in [2.45, 2.75) is 32.2 Å². The highest BCUT2D eigenvalue weighted by atomic mass is 35.5. The second-order valence-corrected chi connectivity index (χ2v) is 10.3. The second kappa shape index (κ2) is 8.26. The van der Waals surface area contributed by atoms with E-state index in [1.165, 1.54) is 11.1 Å². The number of piperidine rings is 1. The van der Waals surface area contributed by atoms with Crippen LogP contribution >= 0.6 is 23.2 Å². The minimum absolute atomic E-state index is 0.256. The van der Waals surface area contributed by atoms with Gasteiger partial charge in [0.2, 0.25) is 5.95 Å². The molecule has 7 heteroatoms. The molecule has 3 heterocycles. The van der Waals surface area contributed by atoms with Crippen molar-refractivity contribution >= 4 is 34.8 Å². The van der Waals surface area contributed by atoms with Crippen molar-refractivity contribution in [3.63, 3.8) is 0 Å². The highest BCUT2D eigenvalue weighted by molar-refractivity contribution is 6.43. The maximum Gasteiger partial charge on any atom is 0.211 e. The maximum atomic E-state index is 6.58. The summed E-state index contributed by atoms with van der Waals surface area (Å²) in [5, 5.41) is 4.70. The van der Waals surface area contributed by atoms with E-state index >= 15 is 0 Å². The van der Waals surface area contributed by atoms with Crippen LogP contribution in [0.5, 0.6) is 0 Å². The van der Waals surface area contributed by atoms with Gasteiger partial charge in [0.15, 0.2) is 0 Å². The summed E-state index contributed by atoms with van der Waals surface area (Å²) in [5.74, 6) is 0.943. The highest BCUT2D eigenvalue weighted by Crippen LogP contribution is 2.52. The standard InChI is InChI=1S/C27H27Cl2N5/c1-17-22(20-8-5-9-21(28)23(20)29)25-31-12-15-34(25)26(32-17)33-13-10-27(11-14-33)16-18-6-3-4-7-19(18)24(27)30-2/h3-9,12,15,24,30H,10-11,13-14,16H2,1-2H3/t24-/m1/s1. The topological polar surface area (TPSA) is 45.5 Å². The zero-order chi connectivity index (χ0) is 23.4. The molecule has 6 rings (SSSR count). The fraction of sp³-hybridized carbons (Fsp3) is 0.333. The van der Waals surface area contributed by atoms with Crippen LogP contribution in [0.2, 0.25) is 10.0 Å². The van der Waals surface area contributed by atoms with Gasteiger partial charge >= 0.3 is 0 Å². The molecule has 1 aliphatic heterocycles. The lowest BCUT2D eigenvalue weighted by Gasteiger charge is -2.43. The molecule has 1 fully saturated rings. The first-order valence-electron chi connectivity index (χ1n) is 11.8. The third-order valence-electron chi connectivity index (χ3n) is 7.78. The minimum atomic E-state index is 0.256. The quantitative estimate of drug-likeness (QED) is 0.375. The Bertz CT molecular complexity index is 1390. The van der Waals surface area contributed by atoms with E-state index in [4.69, 9.17) is 33.2 Å². The molecular formula is C27H27Cl2N5. The fourth-order valence-electron chi connectivity index (χ4n) is 6.17. The molecule has 2 aliphatic rings. The van der Waals surface area contributed by atoms with E-state index in [9.17, 15) is 0 Å². The fourth-order valence-corrected chi connectivity index (χ4v) is 6.57. The molecule has 1 saturated heterocycles. The molecule has 0 amide bonds. The van der Waals surface area contributed by atoms with Gasteiger partial charge in [0, 0.05) is 42.7 Å². The van der Waals surface area contributed by atoms with Gasteiger partial charge in [-0.15, -0.1) is 0 Å². The van der Waals surface area contributed by atoms with Crippen LogP contribution in [0.1, 0.15) is 35.7 Å². The van der Waals surface area contributed by atoms with Crippen LogP contribution in [-0.4, -0.2) is 34.5 Å². The predicted octanol–water partition coefficient (Wildman–Crippen LogP) is 6.11. The number of fused-ring (bicyclic) bond motifs is 2. The number of rotatable bonds is 3. The Labute approximate surface area is 209 Å². The lowest BCUT2D eigenvalue weighted by Crippen LogP contribution is -2.45. The van der Waals surface area contributed by atoms with E-state index in [1.807, 2.05) is 31.5 Å². The molecular weight excluding hydrogens is 465 g/mol. The van der Waals surface area contributed by atoms with E-state index in [1.54, 1.807) is 6.07 Å². The van der Waals surface area contributed by atoms with Crippen LogP contribution < -0.4 is 10.2 Å². The lowest BCUT2D eigenvalue weighted by atomic mass is 9.73. The molecule has 0 radical (unpaired) electrons. The Morgan fingerprint density at radius 2 is 1.85 bits per heavy atom. The van der Waals surface area contributed by atoms with Gasteiger partial charge in [-0.05, 0) is 55.8 Å². The molecule has 2 aromatic heterocycles. The Morgan fingerprint density at radius 1 is 1.06 bits per heavy atom. The van der Waals surface area contributed by atoms with Gasteiger partial charge in [-0.3, -0.25) is 4.40 Å². The molecule has 1 aliphatic carbocycles. The van der Waals surface area contributed by atoms with E-state index < -0.39 is 0 Å². The number of hydrogen-bond donors (Lipinski definition) is 1. The monoisotopic (exact) mass is 491 g/mol. The van der Waals surface area contributed by atoms with Crippen LogP contribution in [0.15, 0.2) is 54.9 Å². The number of aromatic nitrogens is 3. The van der Waals surface area contributed by atoms with Crippen molar-refractivity contribution in [3.8, 4) is 11.1 Å². The average molecular weight is 492 g/mol. The Hall–Kier alpha value is -2.60. The molecule has 0 saturated carbocycles. The Morgan fingerprint density at radius 3 is 2.65 bits per heavy atom. The van der Waals surface area contributed by atoms with Crippen molar-refractivity contribution < 1.29 is 0 Å². The molecule has 1 atom stereocenters. The molecule has 0 unspecified atom stereocenters. The smallest absolute Gasteiger partial charge is 0.211 e. The van der Waals surface area contributed by atoms with Gasteiger partial charge < -0.3 is 10.2 Å². The van der Waals surface area contributed by atoms with Crippen molar-refractivity contribution in [2.24, 2.45) is 5.41 Å². The van der Waals surface area contributed by atoms with Crippen molar-refractivity contribution in [1.82, 2.24) is 19.7 Å². The summed E-state index contributed by atoms with van der Waals surface area (Å²) in [4.78, 5) is 12.2. The lowest BCUT2D eigenvalue weighted by molar-refractivity contribution is 0.166. The number of nitrogens with zero attached hydrogens (tertiary/aromatic N) is 4. The van der Waals surface area contributed by atoms with Crippen LogP contribution in [-0.2, 0) is 6.42 Å². The zero-order valence-corrected chi connectivity index (χ0v) is 20.9. The van der Waals surface area contributed by atoms with Gasteiger partial charge in [-0.1, -0.05) is 59.6 Å². The third-order valence-corrected chi connectivity index (χ3v) is 8.60. The number of imidazole rings is 1. The first kappa shape index (κ1) is 21.9. The highest BCUT2D eigenvalue weighted by Gasteiger charge is 2.47. The molecule has 34 heavy (non-hydrogen) atoms. The Kier molecular flexibility index (Phi) is 5.32. The normalized spacial score (nSPS) is 19.2. The second-order valence-electron chi connectivity index (χ2n) is 9.54. The molecule has 174 valence electrons. The zero-order valence-electron chi connectivity index (χ0n) is 19.4. The Balaban J connectivity index is 1.34. The maximum absolute atomic E-state index is 6.58. The van der Waals surface area contributed by atoms with E-state index in [-0.39, 0.29) is 5.41 Å². The predicted molar refractivity (Wildman–Crippen MR) is 139 cm³/mol.